The van der Waals surface area contributed by atoms with Crippen LogP contribution in [0, 0.1) is 6.92 Å². The highest BCUT2D eigenvalue weighted by molar-refractivity contribution is 7.80. The number of hydrogen-bond donors (Lipinski definition) is 1. The van der Waals surface area contributed by atoms with Crippen LogP contribution >= 0.6 is 12.2 Å². The molecule has 7 heteroatoms. The highest BCUT2D eigenvalue weighted by atomic mass is 32.1. The van der Waals surface area contributed by atoms with E-state index in [1.54, 1.807) is 21.1 Å². The number of aryl methyl sites for hydroxylation is 1. The number of benzene rings is 2. The summed E-state index contributed by atoms with van der Waals surface area (Å²) >= 11 is 5.54. The van der Waals surface area contributed by atoms with Gasteiger partial charge in [-0.2, -0.15) is 0 Å². The number of fused-ring (bicyclic) bond motifs is 1. The maximum atomic E-state index is 12.1. The zero-order valence-corrected chi connectivity index (χ0v) is 17.8. The minimum absolute atomic E-state index is 0.0232. The summed E-state index contributed by atoms with van der Waals surface area (Å²) in [4.78, 5) is 12.6. The van der Waals surface area contributed by atoms with Gasteiger partial charge in [0.05, 0.1) is 27.2 Å². The quantitative estimate of drug-likeness (QED) is 0.560. The SMILES string of the molecule is CCOC(=O)C[C@@H]1O[C@@H](c2cccc(OC)c2OC)c2cc(C)ccc2NC1=S. The molecule has 2 atom stereocenters. The van der Waals surface area contributed by atoms with Crippen LogP contribution in [0.25, 0.3) is 0 Å². The van der Waals surface area contributed by atoms with Crippen LogP contribution in [0.1, 0.15) is 36.1 Å². The molecule has 0 unspecified atom stereocenters. The van der Waals surface area contributed by atoms with Crippen LogP contribution in [0.4, 0.5) is 5.69 Å². The van der Waals surface area contributed by atoms with Crippen molar-refractivity contribution in [3.05, 3.63) is 53.1 Å². The molecule has 0 bridgehead atoms. The third-order valence-electron chi connectivity index (χ3n) is 4.71. The molecule has 0 spiro atoms. The number of ether oxygens (including phenoxy) is 4. The largest absolute Gasteiger partial charge is 0.493 e. The third kappa shape index (κ3) is 4.52. The predicted octanol–water partition coefficient (Wildman–Crippen LogP) is 4.19. The maximum absolute atomic E-state index is 12.1. The highest BCUT2D eigenvalue weighted by Crippen LogP contribution is 2.43. The van der Waals surface area contributed by atoms with E-state index in [1.807, 2.05) is 43.3 Å². The van der Waals surface area contributed by atoms with E-state index >= 15 is 0 Å². The third-order valence-corrected chi connectivity index (χ3v) is 5.08. The van der Waals surface area contributed by atoms with Crippen LogP contribution in [0.15, 0.2) is 36.4 Å². The fourth-order valence-electron chi connectivity index (χ4n) is 3.40. The average molecular weight is 416 g/mol. The minimum Gasteiger partial charge on any atom is -0.493 e. The molecule has 0 saturated carbocycles. The van der Waals surface area contributed by atoms with Crippen molar-refractivity contribution in [2.75, 3.05) is 26.1 Å². The van der Waals surface area contributed by atoms with Crippen LogP contribution in [0.3, 0.4) is 0 Å². The monoisotopic (exact) mass is 415 g/mol. The molecule has 2 aromatic carbocycles. The second kappa shape index (κ2) is 9.24. The molecule has 0 aromatic heterocycles. The first-order chi connectivity index (χ1) is 14.0. The Labute approximate surface area is 176 Å². The van der Waals surface area contributed by atoms with Gasteiger partial charge < -0.3 is 24.3 Å². The smallest absolute Gasteiger partial charge is 0.308 e. The number of rotatable bonds is 6. The lowest BCUT2D eigenvalue weighted by atomic mass is 9.97. The fourth-order valence-corrected chi connectivity index (χ4v) is 3.65. The highest BCUT2D eigenvalue weighted by Gasteiger charge is 2.33. The standard InChI is InChI=1S/C22H25NO5S/c1-5-27-19(24)12-18-22(29)23-16-10-9-13(2)11-15(16)20(28-18)14-7-6-8-17(25-3)21(14)26-4/h6-11,18,20H,5,12H2,1-4H3,(H,23,29)/t18-,20-/m0/s1. The van der Waals surface area contributed by atoms with E-state index in [0.717, 1.165) is 22.4 Å². The Kier molecular flexibility index (Phi) is 6.71. The molecule has 0 aliphatic carbocycles. The van der Waals surface area contributed by atoms with Crippen molar-refractivity contribution in [2.45, 2.75) is 32.5 Å². The zero-order valence-electron chi connectivity index (χ0n) is 17.0. The maximum Gasteiger partial charge on any atom is 0.308 e. The van der Waals surface area contributed by atoms with Crippen molar-refractivity contribution in [3.63, 3.8) is 0 Å². The Bertz CT molecular complexity index is 914. The summed E-state index contributed by atoms with van der Waals surface area (Å²) in [5, 5.41) is 3.24. The Hall–Kier alpha value is -2.64. The Morgan fingerprint density at radius 1 is 1.17 bits per heavy atom. The second-order valence-electron chi connectivity index (χ2n) is 6.68. The van der Waals surface area contributed by atoms with Crippen molar-refractivity contribution in [2.24, 2.45) is 0 Å². The molecular weight excluding hydrogens is 390 g/mol. The van der Waals surface area contributed by atoms with E-state index in [4.69, 9.17) is 31.2 Å². The van der Waals surface area contributed by atoms with Crippen molar-refractivity contribution >= 4 is 28.9 Å². The Balaban J connectivity index is 2.10. The summed E-state index contributed by atoms with van der Waals surface area (Å²) in [6, 6.07) is 11.6. The number of para-hydroxylation sites is 1. The summed E-state index contributed by atoms with van der Waals surface area (Å²) in [5.74, 6) is 0.819. The Morgan fingerprint density at radius 3 is 2.66 bits per heavy atom. The molecule has 2 aromatic rings. The average Bonchev–Trinajstić information content (AvgIpc) is 2.84. The van der Waals surface area contributed by atoms with Gasteiger partial charge in [0.2, 0.25) is 0 Å². The molecule has 1 aliphatic rings. The minimum atomic E-state index is -0.641. The van der Waals surface area contributed by atoms with Gasteiger partial charge in [-0.25, -0.2) is 0 Å². The van der Waals surface area contributed by atoms with Gasteiger partial charge in [0.25, 0.3) is 0 Å². The number of hydrogen-bond acceptors (Lipinski definition) is 6. The number of anilines is 1. The molecule has 0 fully saturated rings. The number of thiocarbonyl (C=S) groups is 1. The normalized spacial score (nSPS) is 18.3. The molecule has 6 nitrogen and oxygen atoms in total. The van der Waals surface area contributed by atoms with Gasteiger partial charge in [0, 0.05) is 16.8 Å². The van der Waals surface area contributed by atoms with Gasteiger partial charge in [-0.3, -0.25) is 4.79 Å². The first kappa shape index (κ1) is 21.1. The van der Waals surface area contributed by atoms with Crippen LogP contribution in [-0.4, -0.2) is 37.9 Å². The van der Waals surface area contributed by atoms with Crippen molar-refractivity contribution in [1.29, 1.82) is 0 Å². The van der Waals surface area contributed by atoms with Gasteiger partial charge in [0.15, 0.2) is 11.5 Å². The van der Waals surface area contributed by atoms with Gasteiger partial charge in [-0.05, 0) is 26.0 Å². The summed E-state index contributed by atoms with van der Waals surface area (Å²) in [6.45, 7) is 4.09. The lowest BCUT2D eigenvalue weighted by Gasteiger charge is -2.24. The van der Waals surface area contributed by atoms with Crippen LogP contribution in [-0.2, 0) is 14.3 Å². The van der Waals surface area contributed by atoms with Gasteiger partial charge >= 0.3 is 5.97 Å². The van der Waals surface area contributed by atoms with E-state index in [0.29, 0.717) is 23.1 Å². The topological polar surface area (TPSA) is 66.0 Å². The van der Waals surface area contributed by atoms with E-state index < -0.39 is 12.2 Å². The second-order valence-corrected chi connectivity index (χ2v) is 7.12. The van der Waals surface area contributed by atoms with Crippen LogP contribution in [0.2, 0.25) is 0 Å². The van der Waals surface area contributed by atoms with E-state index in [2.05, 4.69) is 5.32 Å². The number of esters is 1. The summed E-state index contributed by atoms with van der Waals surface area (Å²) in [6.07, 6.45) is -1.13. The number of methoxy groups -OCH3 is 2. The molecule has 0 saturated heterocycles. The van der Waals surface area contributed by atoms with Crippen molar-refractivity contribution in [1.82, 2.24) is 0 Å². The number of nitrogens with one attached hydrogen (secondary N) is 1. The first-order valence-corrected chi connectivity index (χ1v) is 9.82. The molecule has 29 heavy (non-hydrogen) atoms. The molecular formula is C22H25NO5S. The number of carbonyl (C=O) groups excluding carboxylic acids is 1. The molecule has 0 amide bonds. The Morgan fingerprint density at radius 2 is 1.97 bits per heavy atom. The van der Waals surface area contributed by atoms with Gasteiger partial charge in [-0.15, -0.1) is 0 Å². The van der Waals surface area contributed by atoms with Gasteiger partial charge in [-0.1, -0.05) is 42.0 Å². The number of carbonyl (C=O) groups is 1. The molecule has 1 aliphatic heterocycles. The van der Waals surface area contributed by atoms with Crippen LogP contribution in [0.5, 0.6) is 11.5 Å². The van der Waals surface area contributed by atoms with Crippen molar-refractivity contribution in [3.8, 4) is 11.5 Å². The summed E-state index contributed by atoms with van der Waals surface area (Å²) < 4.78 is 22.6. The molecule has 1 N–H and O–H groups in total. The summed E-state index contributed by atoms with van der Waals surface area (Å²) in [5.41, 5.74) is 3.61. The fraction of sp³-hybridized carbons (Fsp3) is 0.364. The lowest BCUT2D eigenvalue weighted by Crippen LogP contribution is -2.31. The molecule has 3 rings (SSSR count). The van der Waals surface area contributed by atoms with Crippen molar-refractivity contribution < 1.29 is 23.7 Å². The molecule has 0 radical (unpaired) electrons. The predicted molar refractivity (Wildman–Crippen MR) is 115 cm³/mol. The lowest BCUT2D eigenvalue weighted by molar-refractivity contribution is -0.145. The molecule has 154 valence electrons. The van der Waals surface area contributed by atoms with Gasteiger partial charge in [0.1, 0.15) is 17.2 Å². The van der Waals surface area contributed by atoms with Crippen LogP contribution < -0.4 is 14.8 Å². The van der Waals surface area contributed by atoms with E-state index in [9.17, 15) is 4.79 Å². The summed E-state index contributed by atoms with van der Waals surface area (Å²) in [7, 11) is 3.18. The molecule has 1 heterocycles. The first-order valence-electron chi connectivity index (χ1n) is 9.41. The van der Waals surface area contributed by atoms with E-state index in [1.165, 1.54) is 0 Å². The van der Waals surface area contributed by atoms with E-state index in [-0.39, 0.29) is 12.4 Å². The zero-order chi connectivity index (χ0) is 21.0.